The zero-order chi connectivity index (χ0) is 33.1. The Kier molecular flexibility index (Phi) is 13.7. The second-order valence-electron chi connectivity index (χ2n) is 10.5. The topological polar surface area (TPSA) is 133 Å². The summed E-state index contributed by atoms with van der Waals surface area (Å²) >= 11 is 17.1. The van der Waals surface area contributed by atoms with Crippen LogP contribution in [-0.4, -0.2) is 61.1 Å². The van der Waals surface area contributed by atoms with E-state index in [1.165, 1.54) is 12.1 Å². The predicted octanol–water partition coefficient (Wildman–Crippen LogP) is 4.88. The smallest absolute Gasteiger partial charge is 0.264 e. The Balaban J connectivity index is 1.74. The minimum absolute atomic E-state index is 0.0816. The number of halogens is 2. The summed E-state index contributed by atoms with van der Waals surface area (Å²) in [6.45, 7) is 3.80. The summed E-state index contributed by atoms with van der Waals surface area (Å²) in [5.74, 6) is -1.33. The molecule has 0 fully saturated rings. The van der Waals surface area contributed by atoms with E-state index in [4.69, 9.17) is 23.2 Å². The molecule has 45 heavy (non-hydrogen) atoms. The maximum Gasteiger partial charge on any atom is 0.264 e. The predicted molar refractivity (Wildman–Crippen MR) is 180 cm³/mol. The molecule has 3 amide bonds. The fourth-order valence-corrected chi connectivity index (χ4v) is 6.69. The number of carbonyl (C=O) groups is 3. The second-order valence-corrected chi connectivity index (χ2v) is 13.4. The van der Waals surface area contributed by atoms with Crippen LogP contribution in [0, 0.1) is 5.92 Å². The van der Waals surface area contributed by atoms with Gasteiger partial charge in [-0.05, 0) is 55.2 Å². The average Bonchev–Trinajstić information content (AvgIpc) is 2.99. The van der Waals surface area contributed by atoms with E-state index in [1.54, 1.807) is 41.3 Å². The molecule has 2 unspecified atom stereocenters. The highest BCUT2D eigenvalue weighted by molar-refractivity contribution is 7.90. The van der Waals surface area contributed by atoms with Crippen LogP contribution in [0.5, 0.6) is 0 Å². The summed E-state index contributed by atoms with van der Waals surface area (Å²) < 4.78 is 27.8. The first kappa shape index (κ1) is 36.4. The molecule has 9 nitrogen and oxygen atoms in total. The molecule has 3 aromatic rings. The number of thiol groups is 1. The van der Waals surface area contributed by atoms with Crippen molar-refractivity contribution in [1.29, 1.82) is 0 Å². The first-order valence-electron chi connectivity index (χ1n) is 14.4. The van der Waals surface area contributed by atoms with Crippen molar-refractivity contribution in [2.24, 2.45) is 5.92 Å². The molecule has 0 saturated carbocycles. The third-order valence-electron chi connectivity index (χ3n) is 6.95. The Morgan fingerprint density at radius 1 is 0.956 bits per heavy atom. The van der Waals surface area contributed by atoms with Crippen LogP contribution in [-0.2, 0) is 37.4 Å². The lowest BCUT2D eigenvalue weighted by atomic mass is 10.0. The fourth-order valence-electron chi connectivity index (χ4n) is 4.60. The van der Waals surface area contributed by atoms with E-state index in [0.717, 1.165) is 12.5 Å². The number of carbonyl (C=O) groups excluding carboxylic acids is 3. The first-order valence-corrected chi connectivity index (χ1v) is 17.3. The van der Waals surface area contributed by atoms with Gasteiger partial charge in [0.15, 0.2) is 0 Å². The van der Waals surface area contributed by atoms with Gasteiger partial charge in [0.25, 0.3) is 15.9 Å². The molecule has 3 rings (SSSR count). The number of hydrogen-bond donors (Lipinski definition) is 4. The van der Waals surface area contributed by atoms with E-state index in [0.29, 0.717) is 41.2 Å². The standard InChI is InChI=1S/C32H37Cl2N3O6S2/c1-3-7-30(39)37(15-14-35-32(41)24(20-44)16-22-8-6-9-25(33)17-22)19-23-12-13-26(28(34)18-23)27-10-4-5-11-29(27)45(42,43)36-31(40)21(2)38/h4-6,8-13,17-18,21,24,38,44H,3,7,14-16,19-20H2,1-2H3,(H,35,41)(H,36,40). The van der Waals surface area contributed by atoms with Gasteiger partial charge in [-0.25, -0.2) is 13.1 Å². The third-order valence-corrected chi connectivity index (χ3v) is 9.34. The van der Waals surface area contributed by atoms with Gasteiger partial charge in [0.1, 0.15) is 6.10 Å². The second kappa shape index (κ2) is 17.0. The van der Waals surface area contributed by atoms with Crippen LogP contribution in [0.1, 0.15) is 37.8 Å². The summed E-state index contributed by atoms with van der Waals surface area (Å²) in [5, 5.41) is 13.2. The van der Waals surface area contributed by atoms with Crippen molar-refractivity contribution in [2.45, 2.75) is 50.7 Å². The number of nitrogens with zero attached hydrogens (tertiary/aromatic N) is 1. The van der Waals surface area contributed by atoms with Crippen molar-refractivity contribution in [3.05, 3.63) is 87.9 Å². The Hall–Kier alpha value is -3.09. The summed E-state index contributed by atoms with van der Waals surface area (Å²) in [6.07, 6.45) is -0.0484. The number of sulfonamides is 1. The van der Waals surface area contributed by atoms with Crippen molar-refractivity contribution >= 4 is 63.6 Å². The van der Waals surface area contributed by atoms with Gasteiger partial charge in [0.05, 0.1) is 10.8 Å². The van der Waals surface area contributed by atoms with Crippen molar-refractivity contribution in [2.75, 3.05) is 18.8 Å². The van der Waals surface area contributed by atoms with Gasteiger partial charge >= 0.3 is 0 Å². The van der Waals surface area contributed by atoms with E-state index in [1.807, 2.05) is 29.8 Å². The summed E-state index contributed by atoms with van der Waals surface area (Å²) in [6, 6.07) is 18.4. The lowest BCUT2D eigenvalue weighted by Crippen LogP contribution is -2.40. The Morgan fingerprint density at radius 2 is 1.69 bits per heavy atom. The molecule has 2 atom stereocenters. The molecule has 0 aliphatic heterocycles. The number of hydrogen-bond acceptors (Lipinski definition) is 7. The van der Waals surface area contributed by atoms with E-state index < -0.39 is 22.0 Å². The first-order chi connectivity index (χ1) is 21.4. The summed E-state index contributed by atoms with van der Waals surface area (Å²) in [4.78, 5) is 39.3. The SMILES string of the molecule is CCCC(=O)N(CCNC(=O)C(CS)Cc1cccc(Cl)c1)Cc1ccc(-c2ccccc2S(=O)(=O)NC(=O)C(C)O)c(Cl)c1. The number of amides is 3. The monoisotopic (exact) mass is 693 g/mol. The van der Waals surface area contributed by atoms with Crippen molar-refractivity contribution in [1.82, 2.24) is 14.9 Å². The minimum Gasteiger partial charge on any atom is -0.384 e. The Bertz CT molecular complexity index is 1620. The largest absolute Gasteiger partial charge is 0.384 e. The average molecular weight is 695 g/mol. The molecule has 13 heteroatoms. The molecule has 3 N–H and O–H groups in total. The van der Waals surface area contributed by atoms with Gasteiger partial charge in [-0.1, -0.05) is 72.6 Å². The molecule has 0 aliphatic carbocycles. The number of benzene rings is 3. The van der Waals surface area contributed by atoms with Crippen LogP contribution in [0.2, 0.25) is 10.0 Å². The van der Waals surface area contributed by atoms with E-state index >= 15 is 0 Å². The number of rotatable bonds is 15. The highest BCUT2D eigenvalue weighted by Crippen LogP contribution is 2.33. The van der Waals surface area contributed by atoms with Crippen molar-refractivity contribution in [3.63, 3.8) is 0 Å². The van der Waals surface area contributed by atoms with E-state index in [-0.39, 0.29) is 52.8 Å². The molecular formula is C32H37Cl2N3O6S2. The van der Waals surface area contributed by atoms with Crippen LogP contribution < -0.4 is 10.0 Å². The zero-order valence-corrected chi connectivity index (χ0v) is 28.2. The summed E-state index contributed by atoms with van der Waals surface area (Å²) in [5.41, 5.74) is 2.30. The van der Waals surface area contributed by atoms with Gasteiger partial charge in [-0.2, -0.15) is 12.6 Å². The summed E-state index contributed by atoms with van der Waals surface area (Å²) in [7, 11) is -4.31. The quantitative estimate of drug-likeness (QED) is 0.168. The van der Waals surface area contributed by atoms with Crippen LogP contribution in [0.15, 0.2) is 71.6 Å². The highest BCUT2D eigenvalue weighted by atomic mass is 35.5. The van der Waals surface area contributed by atoms with Gasteiger partial charge in [0, 0.05) is 53.0 Å². The lowest BCUT2D eigenvalue weighted by Gasteiger charge is -2.24. The molecule has 0 saturated heterocycles. The van der Waals surface area contributed by atoms with Gasteiger partial charge in [-0.15, -0.1) is 0 Å². The molecule has 0 aliphatic rings. The maximum atomic E-state index is 13.0. The third kappa shape index (κ3) is 10.5. The van der Waals surface area contributed by atoms with Crippen LogP contribution >= 0.6 is 35.8 Å². The molecular weight excluding hydrogens is 657 g/mol. The fraction of sp³-hybridized carbons (Fsp3) is 0.344. The van der Waals surface area contributed by atoms with Crippen LogP contribution in [0.25, 0.3) is 11.1 Å². The normalized spacial score (nSPS) is 12.7. The van der Waals surface area contributed by atoms with E-state index in [2.05, 4.69) is 17.9 Å². The molecule has 0 heterocycles. The molecule has 0 spiro atoms. The number of nitrogens with one attached hydrogen (secondary N) is 2. The molecule has 3 aromatic carbocycles. The Labute approximate surface area is 279 Å². The van der Waals surface area contributed by atoms with Gasteiger partial charge < -0.3 is 15.3 Å². The molecule has 0 radical (unpaired) electrons. The minimum atomic E-state index is -4.31. The van der Waals surface area contributed by atoms with Crippen LogP contribution in [0.3, 0.4) is 0 Å². The Morgan fingerprint density at radius 3 is 2.33 bits per heavy atom. The highest BCUT2D eigenvalue weighted by Gasteiger charge is 2.25. The van der Waals surface area contributed by atoms with Crippen LogP contribution in [0.4, 0.5) is 0 Å². The number of aliphatic hydroxyl groups excluding tert-OH is 1. The molecule has 242 valence electrons. The van der Waals surface area contributed by atoms with Gasteiger partial charge in [0.2, 0.25) is 11.8 Å². The van der Waals surface area contributed by atoms with Crippen molar-refractivity contribution in [3.8, 4) is 11.1 Å². The lowest BCUT2D eigenvalue weighted by molar-refractivity contribution is -0.132. The molecule has 0 aromatic heterocycles. The van der Waals surface area contributed by atoms with Crippen molar-refractivity contribution < 1.29 is 27.9 Å². The maximum absolute atomic E-state index is 13.0. The van der Waals surface area contributed by atoms with Gasteiger partial charge in [-0.3, -0.25) is 14.4 Å². The number of aliphatic hydroxyl groups is 1. The van der Waals surface area contributed by atoms with E-state index in [9.17, 15) is 27.9 Å². The zero-order valence-electron chi connectivity index (χ0n) is 25.0. The molecule has 0 bridgehead atoms.